The molecule has 3 nitrogen and oxygen atoms in total. The zero-order valence-electron chi connectivity index (χ0n) is 8.71. The summed E-state index contributed by atoms with van der Waals surface area (Å²) in [6.45, 7) is 4.60. The van der Waals surface area contributed by atoms with Crippen LogP contribution >= 0.6 is 11.6 Å². The van der Waals surface area contributed by atoms with Crippen LogP contribution in [0.25, 0.3) is 0 Å². The lowest BCUT2D eigenvalue weighted by Crippen LogP contribution is -2.23. The van der Waals surface area contributed by atoms with E-state index in [1.165, 1.54) is 0 Å². The van der Waals surface area contributed by atoms with Crippen molar-refractivity contribution in [1.29, 1.82) is 0 Å². The molecule has 0 aliphatic carbocycles. The van der Waals surface area contributed by atoms with Gasteiger partial charge in [-0.3, -0.25) is 0 Å². The highest BCUT2D eigenvalue weighted by Gasteiger charge is 2.15. The first-order valence-electron chi connectivity index (χ1n) is 4.67. The van der Waals surface area contributed by atoms with Gasteiger partial charge in [-0.05, 0) is 38.6 Å². The van der Waals surface area contributed by atoms with E-state index < -0.39 is 0 Å². The van der Waals surface area contributed by atoms with Gasteiger partial charge in [0.1, 0.15) is 0 Å². The van der Waals surface area contributed by atoms with Crippen molar-refractivity contribution < 1.29 is 9.15 Å². The number of ether oxygens (including phenoxy) is 1. The molecule has 0 aliphatic rings. The van der Waals surface area contributed by atoms with Crippen molar-refractivity contribution in [2.45, 2.75) is 26.0 Å². The Morgan fingerprint density at radius 1 is 1.57 bits per heavy atom. The molecule has 4 heteroatoms. The van der Waals surface area contributed by atoms with E-state index in [9.17, 15) is 0 Å². The molecule has 0 bridgehead atoms. The molecular weight excluding hydrogens is 202 g/mol. The van der Waals surface area contributed by atoms with Gasteiger partial charge >= 0.3 is 0 Å². The molecule has 0 radical (unpaired) electrons. The summed E-state index contributed by atoms with van der Waals surface area (Å²) in [7, 11) is 1.87. The van der Waals surface area contributed by atoms with Crippen LogP contribution in [0.4, 0.5) is 0 Å². The molecule has 0 fully saturated rings. The van der Waals surface area contributed by atoms with Crippen molar-refractivity contribution >= 4 is 11.6 Å². The van der Waals surface area contributed by atoms with Crippen LogP contribution in [0.1, 0.15) is 25.5 Å². The highest BCUT2D eigenvalue weighted by molar-refractivity contribution is 6.29. The Kier molecular flexibility index (Phi) is 4.45. The number of rotatable bonds is 5. The van der Waals surface area contributed by atoms with Gasteiger partial charge in [-0.2, -0.15) is 0 Å². The third kappa shape index (κ3) is 3.01. The molecule has 1 rings (SSSR count). The third-order valence-corrected chi connectivity index (χ3v) is 2.27. The van der Waals surface area contributed by atoms with Crippen LogP contribution in [0, 0.1) is 0 Å². The minimum absolute atomic E-state index is 0.0867. The zero-order chi connectivity index (χ0) is 10.6. The molecule has 0 amide bonds. The Morgan fingerprint density at radius 3 is 2.71 bits per heavy atom. The van der Waals surface area contributed by atoms with E-state index in [0.29, 0.717) is 11.8 Å². The fourth-order valence-electron chi connectivity index (χ4n) is 1.17. The predicted octanol–water partition coefficient (Wildman–Crippen LogP) is 2.62. The number of halogens is 1. The van der Waals surface area contributed by atoms with Crippen LogP contribution in [0.2, 0.25) is 5.22 Å². The average molecular weight is 218 g/mol. The van der Waals surface area contributed by atoms with Crippen LogP contribution in [-0.2, 0) is 4.74 Å². The van der Waals surface area contributed by atoms with Gasteiger partial charge in [0, 0.05) is 5.56 Å². The Bertz CT molecular complexity index is 273. The maximum Gasteiger partial charge on any atom is 0.197 e. The van der Waals surface area contributed by atoms with Gasteiger partial charge in [0.15, 0.2) is 5.22 Å². The number of furan rings is 1. The van der Waals surface area contributed by atoms with Crippen LogP contribution in [0.3, 0.4) is 0 Å². The van der Waals surface area contributed by atoms with Gasteiger partial charge < -0.3 is 14.5 Å². The van der Waals surface area contributed by atoms with Crippen molar-refractivity contribution in [2.75, 3.05) is 13.7 Å². The molecule has 14 heavy (non-hydrogen) atoms. The molecule has 0 spiro atoms. The van der Waals surface area contributed by atoms with Crippen LogP contribution < -0.4 is 5.32 Å². The molecule has 0 aliphatic heterocycles. The maximum absolute atomic E-state index is 5.87. The van der Waals surface area contributed by atoms with Crippen molar-refractivity contribution in [3.05, 3.63) is 23.1 Å². The fraction of sp³-hybridized carbons (Fsp3) is 0.600. The minimum atomic E-state index is 0.0867. The monoisotopic (exact) mass is 217 g/mol. The van der Waals surface area contributed by atoms with E-state index in [4.69, 9.17) is 20.8 Å². The van der Waals surface area contributed by atoms with Gasteiger partial charge in [0.25, 0.3) is 0 Å². The Labute approximate surface area is 89.4 Å². The molecule has 1 N–H and O–H groups in total. The number of hydrogen-bond donors (Lipinski definition) is 1. The molecule has 0 saturated carbocycles. The van der Waals surface area contributed by atoms with Crippen molar-refractivity contribution in [1.82, 2.24) is 5.32 Å². The number of nitrogens with one attached hydrogen (secondary N) is 1. The Hall–Kier alpha value is -0.510. The lowest BCUT2D eigenvalue weighted by atomic mass is 10.1. The van der Waals surface area contributed by atoms with Crippen molar-refractivity contribution in [2.24, 2.45) is 0 Å². The second-order valence-corrected chi connectivity index (χ2v) is 3.72. The normalized spacial score (nSPS) is 13.5. The van der Waals surface area contributed by atoms with Crippen molar-refractivity contribution in [3.63, 3.8) is 0 Å². The fourth-order valence-corrected chi connectivity index (χ4v) is 1.42. The van der Waals surface area contributed by atoms with E-state index >= 15 is 0 Å². The molecule has 1 atom stereocenters. The molecule has 0 saturated heterocycles. The van der Waals surface area contributed by atoms with E-state index in [1.807, 2.05) is 27.0 Å². The van der Waals surface area contributed by atoms with Gasteiger partial charge in [-0.25, -0.2) is 0 Å². The lowest BCUT2D eigenvalue weighted by molar-refractivity contribution is 0.0625. The quantitative estimate of drug-likeness (QED) is 0.824. The lowest BCUT2D eigenvalue weighted by Gasteiger charge is -2.16. The second kappa shape index (κ2) is 5.39. The molecule has 80 valence electrons. The topological polar surface area (TPSA) is 34.4 Å². The highest BCUT2D eigenvalue weighted by Crippen LogP contribution is 2.24. The first kappa shape index (κ1) is 11.6. The largest absolute Gasteiger partial charge is 0.453 e. The van der Waals surface area contributed by atoms with E-state index in [1.54, 1.807) is 6.26 Å². The Morgan fingerprint density at radius 2 is 2.29 bits per heavy atom. The summed E-state index contributed by atoms with van der Waals surface area (Å²) in [4.78, 5) is 0. The minimum Gasteiger partial charge on any atom is -0.453 e. The standard InChI is InChI=1S/C10H16ClNO2/c1-7(2)14-6-9(12-3)8-4-5-13-10(8)11/h4-5,7,9,12H,6H2,1-3H3. The first-order valence-corrected chi connectivity index (χ1v) is 5.04. The second-order valence-electron chi connectivity index (χ2n) is 3.37. The SMILES string of the molecule is CNC(COC(C)C)c1ccoc1Cl. The summed E-state index contributed by atoms with van der Waals surface area (Å²) in [6, 6.07) is 1.94. The molecule has 1 unspecified atom stereocenters. The summed E-state index contributed by atoms with van der Waals surface area (Å²) < 4.78 is 10.5. The average Bonchev–Trinajstić information content (AvgIpc) is 2.53. The van der Waals surface area contributed by atoms with E-state index in [-0.39, 0.29) is 12.1 Å². The molecule has 1 heterocycles. The van der Waals surface area contributed by atoms with Gasteiger partial charge in [-0.1, -0.05) is 0 Å². The summed E-state index contributed by atoms with van der Waals surface area (Å²) in [5.74, 6) is 0. The van der Waals surface area contributed by atoms with Crippen LogP contribution in [0.15, 0.2) is 16.7 Å². The van der Waals surface area contributed by atoms with E-state index in [2.05, 4.69) is 5.32 Å². The van der Waals surface area contributed by atoms with Crippen LogP contribution in [-0.4, -0.2) is 19.8 Å². The predicted molar refractivity (Wildman–Crippen MR) is 56.6 cm³/mol. The highest BCUT2D eigenvalue weighted by atomic mass is 35.5. The summed E-state index contributed by atoms with van der Waals surface area (Å²) in [5, 5.41) is 3.56. The van der Waals surface area contributed by atoms with Crippen molar-refractivity contribution in [3.8, 4) is 0 Å². The molecule has 0 aromatic carbocycles. The molecule has 1 aromatic heterocycles. The van der Waals surface area contributed by atoms with Crippen LogP contribution in [0.5, 0.6) is 0 Å². The van der Waals surface area contributed by atoms with Gasteiger partial charge in [-0.15, -0.1) is 0 Å². The third-order valence-electron chi connectivity index (χ3n) is 1.97. The summed E-state index contributed by atoms with van der Waals surface area (Å²) >= 11 is 5.87. The summed E-state index contributed by atoms with van der Waals surface area (Å²) in [5.41, 5.74) is 0.940. The number of hydrogen-bond acceptors (Lipinski definition) is 3. The van der Waals surface area contributed by atoms with Gasteiger partial charge in [0.2, 0.25) is 0 Å². The Balaban J connectivity index is 2.58. The molecule has 1 aromatic rings. The summed E-state index contributed by atoms with van der Waals surface area (Å²) in [6.07, 6.45) is 1.80. The maximum atomic E-state index is 5.87. The molecular formula is C10H16ClNO2. The van der Waals surface area contributed by atoms with E-state index in [0.717, 1.165) is 5.56 Å². The first-order chi connectivity index (χ1) is 6.65. The smallest absolute Gasteiger partial charge is 0.197 e. The number of likely N-dealkylation sites (N-methyl/N-ethyl adjacent to an activating group) is 1. The van der Waals surface area contributed by atoms with Gasteiger partial charge in [0.05, 0.1) is 25.0 Å². The zero-order valence-corrected chi connectivity index (χ0v) is 9.47.